The van der Waals surface area contributed by atoms with Crippen molar-refractivity contribution in [2.24, 2.45) is 5.73 Å². The zero-order chi connectivity index (χ0) is 13.4. The summed E-state index contributed by atoms with van der Waals surface area (Å²) in [5, 5.41) is 5.30. The quantitative estimate of drug-likeness (QED) is 0.660. The Morgan fingerprint density at radius 2 is 2.06 bits per heavy atom. The van der Waals surface area contributed by atoms with Gasteiger partial charge in [0.05, 0.1) is 0 Å². The van der Waals surface area contributed by atoms with Crippen molar-refractivity contribution in [1.29, 1.82) is 0 Å². The summed E-state index contributed by atoms with van der Waals surface area (Å²) in [6.45, 7) is 0.597. The Morgan fingerprint density at radius 1 is 1.28 bits per heavy atom. The summed E-state index contributed by atoms with van der Waals surface area (Å²) in [4.78, 5) is 23.0. The van der Waals surface area contributed by atoms with E-state index in [0.717, 1.165) is 12.8 Å². The van der Waals surface area contributed by atoms with Gasteiger partial charge in [-0.25, -0.2) is 0 Å². The number of benzene rings is 1. The molecule has 0 spiro atoms. The molecule has 0 heterocycles. The zero-order valence-corrected chi connectivity index (χ0v) is 10.5. The average Bonchev–Trinajstić information content (AvgIpc) is 2.38. The van der Waals surface area contributed by atoms with Gasteiger partial charge < -0.3 is 16.4 Å². The van der Waals surface area contributed by atoms with E-state index in [1.54, 1.807) is 31.3 Å². The van der Waals surface area contributed by atoms with Gasteiger partial charge in [0.15, 0.2) is 0 Å². The smallest absolute Gasteiger partial charge is 0.251 e. The number of carbonyl (C=O) groups excluding carboxylic acids is 2. The van der Waals surface area contributed by atoms with E-state index in [-0.39, 0.29) is 11.8 Å². The molecule has 18 heavy (non-hydrogen) atoms. The molecule has 1 rings (SSSR count). The van der Waals surface area contributed by atoms with Crippen molar-refractivity contribution >= 4 is 17.5 Å². The van der Waals surface area contributed by atoms with E-state index in [1.165, 1.54) is 0 Å². The first-order chi connectivity index (χ1) is 8.67. The molecule has 0 bridgehead atoms. The molecule has 1 aromatic carbocycles. The number of amides is 2. The van der Waals surface area contributed by atoms with E-state index >= 15 is 0 Å². The second kappa shape index (κ2) is 7.45. The van der Waals surface area contributed by atoms with Gasteiger partial charge in [-0.05, 0) is 37.6 Å². The molecule has 0 aliphatic heterocycles. The van der Waals surface area contributed by atoms with Gasteiger partial charge in [-0.2, -0.15) is 0 Å². The van der Waals surface area contributed by atoms with Crippen molar-refractivity contribution in [3.8, 4) is 0 Å². The van der Waals surface area contributed by atoms with Crippen LogP contribution in [0.4, 0.5) is 5.69 Å². The number of hydrogen-bond acceptors (Lipinski definition) is 3. The average molecular weight is 249 g/mol. The Balaban J connectivity index is 2.56. The number of rotatable bonds is 6. The van der Waals surface area contributed by atoms with Crippen LogP contribution in [0.15, 0.2) is 24.3 Å². The summed E-state index contributed by atoms with van der Waals surface area (Å²) in [7, 11) is 1.57. The lowest BCUT2D eigenvalue weighted by Crippen LogP contribution is -2.18. The fourth-order valence-corrected chi connectivity index (χ4v) is 1.54. The van der Waals surface area contributed by atoms with Crippen molar-refractivity contribution in [3.63, 3.8) is 0 Å². The summed E-state index contributed by atoms with van der Waals surface area (Å²) >= 11 is 0. The molecule has 0 aliphatic rings. The van der Waals surface area contributed by atoms with E-state index in [9.17, 15) is 9.59 Å². The van der Waals surface area contributed by atoms with E-state index in [2.05, 4.69) is 10.6 Å². The number of hydrogen-bond donors (Lipinski definition) is 3. The van der Waals surface area contributed by atoms with Crippen LogP contribution < -0.4 is 16.4 Å². The SMILES string of the molecule is CNC(=O)c1cccc(NC(=O)CCCCN)c1. The fourth-order valence-electron chi connectivity index (χ4n) is 1.54. The summed E-state index contributed by atoms with van der Waals surface area (Å²) in [6.07, 6.45) is 2.06. The van der Waals surface area contributed by atoms with E-state index < -0.39 is 0 Å². The Kier molecular flexibility index (Phi) is 5.87. The summed E-state index contributed by atoms with van der Waals surface area (Å²) in [5.74, 6) is -0.230. The van der Waals surface area contributed by atoms with E-state index in [0.29, 0.717) is 24.2 Å². The van der Waals surface area contributed by atoms with Crippen LogP contribution in [-0.4, -0.2) is 25.4 Å². The molecule has 0 saturated carbocycles. The second-order valence-electron chi connectivity index (χ2n) is 3.95. The molecule has 0 saturated heterocycles. The van der Waals surface area contributed by atoms with Crippen LogP contribution in [0.2, 0.25) is 0 Å². The van der Waals surface area contributed by atoms with Crippen molar-refractivity contribution in [3.05, 3.63) is 29.8 Å². The lowest BCUT2D eigenvalue weighted by atomic mass is 10.1. The highest BCUT2D eigenvalue weighted by Gasteiger charge is 2.06. The van der Waals surface area contributed by atoms with Gasteiger partial charge in [-0.3, -0.25) is 9.59 Å². The molecule has 5 nitrogen and oxygen atoms in total. The van der Waals surface area contributed by atoms with Gasteiger partial charge >= 0.3 is 0 Å². The van der Waals surface area contributed by atoms with Gasteiger partial charge in [0.25, 0.3) is 5.91 Å². The van der Waals surface area contributed by atoms with Gasteiger partial charge in [-0.15, -0.1) is 0 Å². The third-order valence-electron chi connectivity index (χ3n) is 2.49. The maximum Gasteiger partial charge on any atom is 0.251 e. The maximum atomic E-state index is 11.6. The molecule has 98 valence electrons. The largest absolute Gasteiger partial charge is 0.355 e. The highest BCUT2D eigenvalue weighted by Crippen LogP contribution is 2.11. The topological polar surface area (TPSA) is 84.2 Å². The van der Waals surface area contributed by atoms with Crippen molar-refractivity contribution in [1.82, 2.24) is 5.32 Å². The molecule has 0 aliphatic carbocycles. The number of unbranched alkanes of at least 4 members (excludes halogenated alkanes) is 1. The molecule has 0 aromatic heterocycles. The number of carbonyl (C=O) groups is 2. The molecule has 0 atom stereocenters. The zero-order valence-electron chi connectivity index (χ0n) is 10.5. The van der Waals surface area contributed by atoms with Crippen LogP contribution in [0, 0.1) is 0 Å². The van der Waals surface area contributed by atoms with Crippen LogP contribution in [0.1, 0.15) is 29.6 Å². The third kappa shape index (κ3) is 4.55. The molecular formula is C13H19N3O2. The van der Waals surface area contributed by atoms with Crippen LogP contribution >= 0.6 is 0 Å². The first-order valence-electron chi connectivity index (χ1n) is 5.99. The highest BCUT2D eigenvalue weighted by molar-refractivity contribution is 5.97. The lowest BCUT2D eigenvalue weighted by Gasteiger charge is -2.06. The van der Waals surface area contributed by atoms with Crippen LogP contribution in [-0.2, 0) is 4.79 Å². The van der Waals surface area contributed by atoms with Gasteiger partial charge in [-0.1, -0.05) is 6.07 Å². The van der Waals surface area contributed by atoms with Gasteiger partial charge in [0.1, 0.15) is 0 Å². The Labute approximate surface area is 107 Å². The maximum absolute atomic E-state index is 11.6. The van der Waals surface area contributed by atoms with Gasteiger partial charge in [0.2, 0.25) is 5.91 Å². The van der Waals surface area contributed by atoms with Crippen LogP contribution in [0.25, 0.3) is 0 Å². The standard InChI is InChI=1S/C13H19N3O2/c1-15-13(18)10-5-4-6-11(9-10)16-12(17)7-2-3-8-14/h4-6,9H,2-3,7-8,14H2,1H3,(H,15,18)(H,16,17). The minimum atomic E-state index is -0.172. The molecule has 0 unspecified atom stereocenters. The van der Waals surface area contributed by atoms with Crippen molar-refractivity contribution in [2.45, 2.75) is 19.3 Å². The molecular weight excluding hydrogens is 230 g/mol. The predicted molar refractivity (Wildman–Crippen MR) is 71.4 cm³/mol. The molecule has 0 radical (unpaired) electrons. The van der Waals surface area contributed by atoms with E-state index in [1.807, 2.05) is 0 Å². The summed E-state index contributed by atoms with van der Waals surface area (Å²) in [6, 6.07) is 6.84. The minimum absolute atomic E-state index is 0.0579. The van der Waals surface area contributed by atoms with Crippen molar-refractivity contribution < 1.29 is 9.59 Å². The molecule has 4 N–H and O–H groups in total. The van der Waals surface area contributed by atoms with Crippen LogP contribution in [0.3, 0.4) is 0 Å². The van der Waals surface area contributed by atoms with Gasteiger partial charge in [0, 0.05) is 24.7 Å². The fraction of sp³-hybridized carbons (Fsp3) is 0.385. The summed E-state index contributed by atoms with van der Waals surface area (Å²) in [5.41, 5.74) is 6.52. The Bertz CT molecular complexity index is 418. The Hall–Kier alpha value is -1.88. The third-order valence-corrected chi connectivity index (χ3v) is 2.49. The number of nitrogens with two attached hydrogens (primary N) is 1. The molecule has 0 fully saturated rings. The van der Waals surface area contributed by atoms with E-state index in [4.69, 9.17) is 5.73 Å². The highest BCUT2D eigenvalue weighted by atomic mass is 16.2. The predicted octanol–water partition coefficient (Wildman–Crippen LogP) is 1.11. The molecule has 1 aromatic rings. The minimum Gasteiger partial charge on any atom is -0.355 e. The first kappa shape index (κ1) is 14.2. The number of anilines is 1. The van der Waals surface area contributed by atoms with Crippen LogP contribution in [0.5, 0.6) is 0 Å². The first-order valence-corrected chi connectivity index (χ1v) is 5.99. The van der Waals surface area contributed by atoms with Crippen molar-refractivity contribution in [2.75, 3.05) is 18.9 Å². The number of nitrogens with one attached hydrogen (secondary N) is 2. The lowest BCUT2D eigenvalue weighted by molar-refractivity contribution is -0.116. The molecule has 2 amide bonds. The Morgan fingerprint density at radius 3 is 2.72 bits per heavy atom. The second-order valence-corrected chi connectivity index (χ2v) is 3.95. The normalized spacial score (nSPS) is 9.89. The monoisotopic (exact) mass is 249 g/mol. The molecule has 5 heteroatoms. The summed E-state index contributed by atoms with van der Waals surface area (Å²) < 4.78 is 0.